The van der Waals surface area contributed by atoms with Crippen LogP contribution in [0.1, 0.15) is 22.5 Å². The van der Waals surface area contributed by atoms with E-state index in [0.29, 0.717) is 25.9 Å². The van der Waals surface area contributed by atoms with Crippen LogP contribution in [0.15, 0.2) is 0 Å². The second-order valence-corrected chi connectivity index (χ2v) is 6.65. The van der Waals surface area contributed by atoms with E-state index in [4.69, 9.17) is 16.2 Å². The number of hydrogen-bond donors (Lipinski definition) is 2. The van der Waals surface area contributed by atoms with Gasteiger partial charge in [0.2, 0.25) is 11.8 Å². The maximum absolute atomic E-state index is 12.6. The number of Topliss-reactive ketones (excluding diaryl/α,β-unsaturated/α-hetero) is 1. The maximum Gasteiger partial charge on any atom is 0.422 e. The molecule has 4 N–H and O–H groups in total. The third kappa shape index (κ3) is 3.64. The van der Waals surface area contributed by atoms with Crippen molar-refractivity contribution in [2.75, 3.05) is 30.3 Å². The van der Waals surface area contributed by atoms with Crippen molar-refractivity contribution in [3.05, 3.63) is 4.88 Å². The maximum atomic E-state index is 12.6. The number of halogens is 3. The number of rotatable bonds is 4. The molecule has 1 aliphatic rings. The lowest BCUT2D eigenvalue weighted by Gasteiger charge is -2.26. The fourth-order valence-electron chi connectivity index (χ4n) is 2.51. The van der Waals surface area contributed by atoms with E-state index in [0.717, 1.165) is 11.3 Å². The minimum atomic E-state index is -4.58. The second kappa shape index (κ2) is 6.59. The van der Waals surface area contributed by atoms with Gasteiger partial charge in [-0.15, -0.1) is 11.3 Å². The molecule has 2 aromatic rings. The fourth-order valence-corrected chi connectivity index (χ4v) is 3.45. The quantitative estimate of drug-likeness (QED) is 0.811. The van der Waals surface area contributed by atoms with E-state index in [1.54, 1.807) is 4.90 Å². The molecular weight excluding hydrogens is 375 g/mol. The summed E-state index contributed by atoms with van der Waals surface area (Å²) in [4.78, 5) is 33.0. The van der Waals surface area contributed by atoms with E-state index in [1.165, 1.54) is 0 Å². The second-order valence-electron chi connectivity index (χ2n) is 5.65. The molecule has 0 spiro atoms. The summed E-state index contributed by atoms with van der Waals surface area (Å²) in [5, 5.41) is 0.0184. The van der Waals surface area contributed by atoms with Gasteiger partial charge in [0.1, 0.15) is 15.5 Å². The molecule has 1 amide bonds. The summed E-state index contributed by atoms with van der Waals surface area (Å²) in [6, 6.07) is 0. The number of ether oxygens (including phenoxy) is 1. The van der Waals surface area contributed by atoms with Crippen LogP contribution in [0.2, 0.25) is 0 Å². The minimum absolute atomic E-state index is 0.0184. The van der Waals surface area contributed by atoms with Crippen molar-refractivity contribution in [3.8, 4) is 5.88 Å². The first kappa shape index (κ1) is 18.2. The van der Waals surface area contributed by atoms with Gasteiger partial charge in [0, 0.05) is 25.9 Å². The lowest BCUT2D eigenvalue weighted by molar-refractivity contribution is -0.153. The molecule has 0 aromatic carbocycles. The highest BCUT2D eigenvalue weighted by molar-refractivity contribution is 7.21. The molecule has 0 aliphatic carbocycles. The van der Waals surface area contributed by atoms with Crippen LogP contribution < -0.4 is 21.1 Å². The molecule has 2 aromatic heterocycles. The van der Waals surface area contributed by atoms with E-state index in [2.05, 4.69) is 9.97 Å². The minimum Gasteiger partial charge on any atom is -0.467 e. The average Bonchev–Trinajstić information content (AvgIpc) is 2.90. The number of nitrogens with two attached hydrogens (primary N) is 2. The molecule has 12 heteroatoms. The first-order valence-corrected chi connectivity index (χ1v) is 8.33. The Morgan fingerprint density at radius 1 is 1.27 bits per heavy atom. The summed E-state index contributed by atoms with van der Waals surface area (Å²) < 4.78 is 42.5. The zero-order chi connectivity index (χ0) is 19.1. The molecule has 0 radical (unpaired) electrons. The van der Waals surface area contributed by atoms with Crippen LogP contribution in [0.5, 0.6) is 5.88 Å². The first-order chi connectivity index (χ1) is 12.2. The number of aromatic nitrogens is 2. The first-order valence-electron chi connectivity index (χ1n) is 7.51. The number of nitrogen functional groups attached to an aromatic ring is 1. The lowest BCUT2D eigenvalue weighted by atomic mass is 10.1. The predicted molar refractivity (Wildman–Crippen MR) is 88.3 cm³/mol. The molecule has 8 nitrogen and oxygen atoms in total. The number of primary amides is 1. The smallest absolute Gasteiger partial charge is 0.422 e. The highest BCUT2D eigenvalue weighted by Crippen LogP contribution is 2.39. The van der Waals surface area contributed by atoms with Gasteiger partial charge in [0.05, 0.1) is 11.1 Å². The Morgan fingerprint density at radius 2 is 1.92 bits per heavy atom. The molecule has 0 unspecified atom stereocenters. The van der Waals surface area contributed by atoms with Crippen LogP contribution in [0.25, 0.3) is 10.2 Å². The molecule has 0 atom stereocenters. The summed E-state index contributed by atoms with van der Waals surface area (Å²) >= 11 is 0.853. The highest BCUT2D eigenvalue weighted by Gasteiger charge is 2.31. The van der Waals surface area contributed by atoms with E-state index < -0.39 is 18.7 Å². The van der Waals surface area contributed by atoms with Gasteiger partial charge in [-0.2, -0.15) is 18.2 Å². The van der Waals surface area contributed by atoms with Gasteiger partial charge in [-0.05, 0) is 0 Å². The molecular formula is C14H14F3N5O3S. The number of carbonyl (C=O) groups excluding carboxylic acids is 2. The zero-order valence-electron chi connectivity index (χ0n) is 13.3. The number of carbonyl (C=O) groups is 2. The number of amides is 1. The van der Waals surface area contributed by atoms with Crippen molar-refractivity contribution in [3.63, 3.8) is 0 Å². The van der Waals surface area contributed by atoms with E-state index >= 15 is 0 Å². The number of alkyl halides is 3. The van der Waals surface area contributed by atoms with Crippen LogP contribution in [0.4, 0.5) is 24.8 Å². The molecule has 1 saturated heterocycles. The van der Waals surface area contributed by atoms with Crippen LogP contribution >= 0.6 is 11.3 Å². The third-order valence-electron chi connectivity index (χ3n) is 3.74. The molecule has 26 heavy (non-hydrogen) atoms. The van der Waals surface area contributed by atoms with Gasteiger partial charge < -0.3 is 21.1 Å². The van der Waals surface area contributed by atoms with Crippen molar-refractivity contribution >= 4 is 44.9 Å². The topological polar surface area (TPSA) is 124 Å². The predicted octanol–water partition coefficient (Wildman–Crippen LogP) is 1.48. The van der Waals surface area contributed by atoms with E-state index in [9.17, 15) is 22.8 Å². The number of ketones is 1. The van der Waals surface area contributed by atoms with E-state index in [1.807, 2.05) is 0 Å². The van der Waals surface area contributed by atoms with Crippen LogP contribution in [0, 0.1) is 0 Å². The molecule has 1 fully saturated rings. The molecule has 0 saturated carbocycles. The Kier molecular flexibility index (Phi) is 4.61. The summed E-state index contributed by atoms with van der Waals surface area (Å²) in [5.41, 5.74) is 11.0. The number of hydrogen-bond acceptors (Lipinski definition) is 8. The van der Waals surface area contributed by atoms with Crippen molar-refractivity contribution in [1.29, 1.82) is 0 Å². The Morgan fingerprint density at radius 3 is 2.50 bits per heavy atom. The number of thiophene rings is 1. The summed E-state index contributed by atoms with van der Waals surface area (Å²) in [6.45, 7) is -0.891. The zero-order valence-corrected chi connectivity index (χ0v) is 14.1. The Balaban J connectivity index is 2.07. The summed E-state index contributed by atoms with van der Waals surface area (Å²) in [7, 11) is 0. The largest absolute Gasteiger partial charge is 0.467 e. The SMILES string of the molecule is NC(=O)c1sc2nc(N3CCC(=O)CC3)nc(OCC(F)(F)F)c2c1N. The van der Waals surface area contributed by atoms with Gasteiger partial charge in [-0.3, -0.25) is 9.59 Å². The molecule has 1 aliphatic heterocycles. The van der Waals surface area contributed by atoms with Gasteiger partial charge >= 0.3 is 6.18 Å². The van der Waals surface area contributed by atoms with Gasteiger partial charge in [0.15, 0.2) is 6.61 Å². The van der Waals surface area contributed by atoms with Gasteiger partial charge in [-0.1, -0.05) is 0 Å². The Labute approximate surface area is 148 Å². The van der Waals surface area contributed by atoms with Crippen molar-refractivity contribution in [2.45, 2.75) is 19.0 Å². The normalized spacial score (nSPS) is 15.5. The van der Waals surface area contributed by atoms with Crippen molar-refractivity contribution < 1.29 is 27.5 Å². The number of piperidine rings is 1. The number of anilines is 2. The van der Waals surface area contributed by atoms with Crippen LogP contribution in [-0.4, -0.2) is 47.5 Å². The van der Waals surface area contributed by atoms with Crippen molar-refractivity contribution in [2.24, 2.45) is 5.73 Å². The molecule has 3 heterocycles. The standard InChI is InChI=1S/C14H14F3N5O3S/c15-14(16,17)5-25-11-7-8(18)9(10(19)24)26-12(7)21-13(20-11)22-3-1-6(23)2-4-22/h1-5,18H2,(H2,19,24). The highest BCUT2D eigenvalue weighted by atomic mass is 32.1. The monoisotopic (exact) mass is 389 g/mol. The summed E-state index contributed by atoms with van der Waals surface area (Å²) in [6.07, 6.45) is -4.00. The third-order valence-corrected chi connectivity index (χ3v) is 4.86. The number of fused-ring (bicyclic) bond motifs is 1. The Hall–Kier alpha value is -2.63. The van der Waals surface area contributed by atoms with Crippen LogP contribution in [0.3, 0.4) is 0 Å². The lowest BCUT2D eigenvalue weighted by Crippen LogP contribution is -2.35. The van der Waals surface area contributed by atoms with Gasteiger partial charge in [0.25, 0.3) is 5.91 Å². The van der Waals surface area contributed by atoms with Crippen molar-refractivity contribution in [1.82, 2.24) is 9.97 Å². The molecule has 3 rings (SSSR count). The van der Waals surface area contributed by atoms with Gasteiger partial charge in [-0.25, -0.2) is 4.98 Å². The fraction of sp³-hybridized carbons (Fsp3) is 0.429. The average molecular weight is 389 g/mol. The van der Waals surface area contributed by atoms with Crippen LogP contribution in [-0.2, 0) is 4.79 Å². The molecule has 140 valence electrons. The van der Waals surface area contributed by atoms with E-state index in [-0.39, 0.29) is 38.4 Å². The Bertz CT molecular complexity index is 873. The number of nitrogens with zero attached hydrogens (tertiary/aromatic N) is 3. The molecule has 0 bridgehead atoms. The summed E-state index contributed by atoms with van der Waals surface area (Å²) in [5.74, 6) is -0.996.